The fraction of sp³-hybridized carbons (Fsp3) is 0.286. The van der Waals surface area contributed by atoms with Crippen molar-refractivity contribution >= 4 is 0 Å². The fourth-order valence-electron chi connectivity index (χ4n) is 1.23. The van der Waals surface area contributed by atoms with Crippen molar-refractivity contribution in [1.82, 2.24) is 0 Å². The van der Waals surface area contributed by atoms with Crippen LogP contribution in [-0.4, -0.2) is 5.92 Å². The van der Waals surface area contributed by atoms with Crippen LogP contribution in [-0.2, 0) is 0 Å². The van der Waals surface area contributed by atoms with Crippen LogP contribution in [0.2, 0.25) is 0 Å². The van der Waals surface area contributed by atoms with E-state index in [1.807, 2.05) is 18.2 Å². The van der Waals surface area contributed by atoms with E-state index < -0.39 is 11.8 Å². The molecule has 1 aromatic carbocycles. The van der Waals surface area contributed by atoms with Gasteiger partial charge in [0, 0.05) is 5.92 Å². The van der Waals surface area contributed by atoms with E-state index in [0.29, 0.717) is 0 Å². The summed E-state index contributed by atoms with van der Waals surface area (Å²) in [6.45, 7) is 3.58. The molecule has 0 saturated heterocycles. The normalized spacial score (nSPS) is 21.1. The zero-order valence-corrected chi connectivity index (χ0v) is 9.53. The molecule has 0 aromatic heterocycles. The molecule has 1 atom stereocenters. The van der Waals surface area contributed by atoms with Crippen molar-refractivity contribution in [1.29, 1.82) is 0 Å². The molecular weight excluding hydrogens is 206 g/mol. The maximum absolute atomic E-state index is 12.5. The zero-order chi connectivity index (χ0) is 12.0. The van der Waals surface area contributed by atoms with Crippen molar-refractivity contribution in [3.63, 3.8) is 0 Å². The summed E-state index contributed by atoms with van der Waals surface area (Å²) in [5.41, 5.74) is 1.32. The summed E-state index contributed by atoms with van der Waals surface area (Å²) in [6.07, 6.45) is 5.44. The molecular formula is C14H16F2. The Kier molecular flexibility index (Phi) is 4.41. The largest absolute Gasteiger partial charge is 0.272 e. The number of benzene rings is 1. The fourth-order valence-corrected chi connectivity index (χ4v) is 1.23. The minimum Gasteiger partial charge on any atom is -0.201 e. The molecule has 0 radical (unpaired) electrons. The van der Waals surface area contributed by atoms with Crippen LogP contribution in [0.15, 0.2) is 54.6 Å². The molecule has 2 rings (SSSR count). The molecule has 16 heavy (non-hydrogen) atoms. The smallest absolute Gasteiger partial charge is 0.201 e. The number of aryl methyl sites for hydroxylation is 1. The van der Waals surface area contributed by atoms with Gasteiger partial charge in [0.1, 0.15) is 0 Å². The number of allylic oxidation sites excluding steroid dienone is 4. The Bertz CT molecular complexity index is 364. The average Bonchev–Trinajstić information content (AvgIpc) is 2.24. The summed E-state index contributed by atoms with van der Waals surface area (Å²) in [4.78, 5) is 0. The lowest BCUT2D eigenvalue weighted by atomic mass is 9.99. The highest BCUT2D eigenvalue weighted by Gasteiger charge is 2.32. The SMILES string of the molecule is CC1C=CC=CC1(F)F.Cc1ccccc1. The van der Waals surface area contributed by atoms with Gasteiger partial charge < -0.3 is 0 Å². The van der Waals surface area contributed by atoms with Crippen LogP contribution in [0.1, 0.15) is 12.5 Å². The number of hydrogen-bond acceptors (Lipinski definition) is 0. The van der Waals surface area contributed by atoms with E-state index in [9.17, 15) is 8.78 Å². The van der Waals surface area contributed by atoms with Gasteiger partial charge in [-0.1, -0.05) is 61.0 Å². The Balaban J connectivity index is 0.000000165. The first-order valence-electron chi connectivity index (χ1n) is 5.28. The number of alkyl halides is 2. The van der Waals surface area contributed by atoms with E-state index >= 15 is 0 Å². The summed E-state index contributed by atoms with van der Waals surface area (Å²) in [5.74, 6) is -3.28. The van der Waals surface area contributed by atoms with Crippen molar-refractivity contribution in [2.45, 2.75) is 19.8 Å². The maximum atomic E-state index is 12.5. The first-order valence-corrected chi connectivity index (χ1v) is 5.28. The summed E-state index contributed by atoms with van der Waals surface area (Å²) in [5, 5.41) is 0. The van der Waals surface area contributed by atoms with Crippen molar-refractivity contribution in [3.8, 4) is 0 Å². The summed E-state index contributed by atoms with van der Waals surface area (Å²) >= 11 is 0. The van der Waals surface area contributed by atoms with Crippen LogP contribution in [0.3, 0.4) is 0 Å². The minimum absolute atomic E-state index is 0.650. The zero-order valence-electron chi connectivity index (χ0n) is 9.53. The molecule has 1 aromatic rings. The minimum atomic E-state index is -2.63. The van der Waals surface area contributed by atoms with Crippen LogP contribution in [0.25, 0.3) is 0 Å². The Labute approximate surface area is 95.3 Å². The van der Waals surface area contributed by atoms with Crippen LogP contribution in [0, 0.1) is 12.8 Å². The molecule has 0 bridgehead atoms. The van der Waals surface area contributed by atoms with Gasteiger partial charge in [-0.3, -0.25) is 0 Å². The standard InChI is InChI=1S/C7H8F2.C7H8/c1-6-4-2-3-5-7(6,8)9;1-7-5-3-2-4-6-7/h2-6H,1H3;2-6H,1H3. The molecule has 2 heteroatoms. The van der Waals surface area contributed by atoms with E-state index in [4.69, 9.17) is 0 Å². The lowest BCUT2D eigenvalue weighted by Crippen LogP contribution is -2.22. The van der Waals surface area contributed by atoms with Gasteiger partial charge in [0.05, 0.1) is 0 Å². The number of halogens is 2. The Morgan fingerprint density at radius 1 is 1.06 bits per heavy atom. The topological polar surface area (TPSA) is 0 Å². The molecule has 1 aliphatic carbocycles. The van der Waals surface area contributed by atoms with Gasteiger partial charge >= 0.3 is 0 Å². The molecule has 0 heterocycles. The van der Waals surface area contributed by atoms with Crippen molar-refractivity contribution < 1.29 is 8.78 Å². The third-order valence-corrected chi connectivity index (χ3v) is 2.38. The van der Waals surface area contributed by atoms with Crippen LogP contribution in [0.4, 0.5) is 8.78 Å². The van der Waals surface area contributed by atoms with Gasteiger partial charge in [-0.25, -0.2) is 8.78 Å². The Hall–Kier alpha value is -1.44. The highest BCUT2D eigenvalue weighted by molar-refractivity contribution is 5.17. The molecule has 0 saturated carbocycles. The summed E-state index contributed by atoms with van der Waals surface area (Å²) < 4.78 is 24.9. The van der Waals surface area contributed by atoms with E-state index in [0.717, 1.165) is 6.08 Å². The van der Waals surface area contributed by atoms with E-state index in [-0.39, 0.29) is 0 Å². The first kappa shape index (κ1) is 12.6. The molecule has 1 aliphatic rings. The monoisotopic (exact) mass is 222 g/mol. The van der Waals surface area contributed by atoms with Gasteiger partial charge in [0.15, 0.2) is 0 Å². The van der Waals surface area contributed by atoms with Gasteiger partial charge in [-0.05, 0) is 13.0 Å². The highest BCUT2D eigenvalue weighted by atomic mass is 19.3. The maximum Gasteiger partial charge on any atom is 0.272 e. The molecule has 0 N–H and O–H groups in total. The molecule has 0 fully saturated rings. The Morgan fingerprint density at radius 3 is 2.00 bits per heavy atom. The second-order valence-electron chi connectivity index (χ2n) is 3.86. The van der Waals surface area contributed by atoms with Gasteiger partial charge in [0.2, 0.25) is 0 Å². The van der Waals surface area contributed by atoms with Gasteiger partial charge in [0.25, 0.3) is 5.92 Å². The molecule has 1 unspecified atom stereocenters. The van der Waals surface area contributed by atoms with Crippen molar-refractivity contribution in [2.75, 3.05) is 0 Å². The third kappa shape index (κ3) is 3.97. The first-order chi connectivity index (χ1) is 7.52. The van der Waals surface area contributed by atoms with E-state index in [2.05, 4.69) is 19.1 Å². The van der Waals surface area contributed by atoms with Crippen LogP contribution in [0.5, 0.6) is 0 Å². The second-order valence-corrected chi connectivity index (χ2v) is 3.86. The third-order valence-electron chi connectivity index (χ3n) is 2.38. The highest BCUT2D eigenvalue weighted by Crippen LogP contribution is 2.29. The number of hydrogen-bond donors (Lipinski definition) is 0. The predicted molar refractivity (Wildman–Crippen MR) is 63.6 cm³/mol. The molecule has 0 amide bonds. The summed E-state index contributed by atoms with van der Waals surface area (Å²) in [6, 6.07) is 10.3. The molecule has 0 spiro atoms. The average molecular weight is 222 g/mol. The second kappa shape index (κ2) is 5.59. The predicted octanol–water partition coefficient (Wildman–Crippen LogP) is 4.38. The molecule has 0 aliphatic heterocycles. The van der Waals surface area contributed by atoms with Crippen molar-refractivity contribution in [2.24, 2.45) is 5.92 Å². The van der Waals surface area contributed by atoms with E-state index in [1.54, 1.807) is 6.08 Å². The van der Waals surface area contributed by atoms with Crippen molar-refractivity contribution in [3.05, 3.63) is 60.2 Å². The number of rotatable bonds is 0. The quantitative estimate of drug-likeness (QED) is 0.611. The molecule has 86 valence electrons. The van der Waals surface area contributed by atoms with E-state index in [1.165, 1.54) is 24.6 Å². The lowest BCUT2D eigenvalue weighted by Gasteiger charge is -2.18. The van der Waals surface area contributed by atoms with Gasteiger partial charge in [-0.15, -0.1) is 0 Å². The molecule has 0 nitrogen and oxygen atoms in total. The van der Waals surface area contributed by atoms with Gasteiger partial charge in [-0.2, -0.15) is 0 Å². The van der Waals surface area contributed by atoms with Crippen LogP contribution >= 0.6 is 0 Å². The Morgan fingerprint density at radius 2 is 1.69 bits per heavy atom. The summed E-state index contributed by atoms with van der Waals surface area (Å²) in [7, 11) is 0. The van der Waals surface area contributed by atoms with Crippen LogP contribution < -0.4 is 0 Å². The lowest BCUT2D eigenvalue weighted by molar-refractivity contribution is 0.0163.